The first-order valence-corrected chi connectivity index (χ1v) is 7.00. The van der Waals surface area contributed by atoms with E-state index in [0.717, 1.165) is 18.8 Å². The summed E-state index contributed by atoms with van der Waals surface area (Å²) in [6.45, 7) is 10.2. The maximum absolute atomic E-state index is 6.17. The SMILES string of the molecule is CC1(C)OB(C2CNCC2c2ccco2)OC1(C)C.Cl. The van der Waals surface area contributed by atoms with Crippen molar-refractivity contribution in [3.8, 4) is 0 Å². The first kappa shape index (κ1) is 15.9. The Morgan fingerprint density at radius 2 is 1.80 bits per heavy atom. The normalized spacial score (nSPS) is 31.3. The van der Waals surface area contributed by atoms with Gasteiger partial charge in [0.05, 0.1) is 17.5 Å². The Morgan fingerprint density at radius 1 is 1.15 bits per heavy atom. The van der Waals surface area contributed by atoms with Gasteiger partial charge in [-0.2, -0.15) is 0 Å². The second-order valence-corrected chi connectivity index (χ2v) is 6.57. The highest BCUT2D eigenvalue weighted by Crippen LogP contribution is 2.45. The number of hydrogen-bond acceptors (Lipinski definition) is 4. The molecule has 0 aromatic carbocycles. The molecule has 20 heavy (non-hydrogen) atoms. The average molecular weight is 300 g/mol. The Labute approximate surface area is 127 Å². The zero-order valence-electron chi connectivity index (χ0n) is 12.5. The topological polar surface area (TPSA) is 43.6 Å². The van der Waals surface area contributed by atoms with Gasteiger partial charge in [-0.1, -0.05) is 0 Å². The molecule has 2 aliphatic heterocycles. The van der Waals surface area contributed by atoms with Crippen LogP contribution >= 0.6 is 12.4 Å². The predicted octanol–water partition coefficient (Wildman–Crippen LogP) is 2.85. The molecule has 0 spiro atoms. The van der Waals surface area contributed by atoms with Crippen molar-refractivity contribution in [3.63, 3.8) is 0 Å². The molecule has 4 nitrogen and oxygen atoms in total. The van der Waals surface area contributed by atoms with Crippen LogP contribution in [0.4, 0.5) is 0 Å². The van der Waals surface area contributed by atoms with E-state index in [1.54, 1.807) is 6.26 Å². The van der Waals surface area contributed by atoms with Crippen LogP contribution in [-0.2, 0) is 9.31 Å². The standard InChI is InChI=1S/C14H22BNO3.ClH/c1-13(2)14(3,4)19-15(18-13)11-9-16-8-10(11)12-6-5-7-17-12;/h5-7,10-11,16H,8-9H2,1-4H3;1H. The summed E-state index contributed by atoms with van der Waals surface area (Å²) in [5.74, 6) is 1.64. The summed E-state index contributed by atoms with van der Waals surface area (Å²) in [4.78, 5) is 0. The maximum Gasteiger partial charge on any atom is 0.463 e. The third kappa shape index (κ3) is 2.52. The monoisotopic (exact) mass is 299 g/mol. The highest BCUT2D eigenvalue weighted by molar-refractivity contribution is 6.48. The van der Waals surface area contributed by atoms with Crippen molar-refractivity contribution in [3.05, 3.63) is 24.2 Å². The molecule has 0 bridgehead atoms. The van der Waals surface area contributed by atoms with E-state index in [1.807, 2.05) is 12.1 Å². The minimum absolute atomic E-state index is 0. The molecule has 2 saturated heterocycles. The molecule has 0 aliphatic carbocycles. The van der Waals surface area contributed by atoms with E-state index in [-0.39, 0.29) is 30.7 Å². The van der Waals surface area contributed by atoms with Gasteiger partial charge in [0.2, 0.25) is 0 Å². The summed E-state index contributed by atoms with van der Waals surface area (Å²) in [6.07, 6.45) is 1.73. The van der Waals surface area contributed by atoms with Crippen LogP contribution in [0, 0.1) is 0 Å². The molecule has 1 aromatic rings. The van der Waals surface area contributed by atoms with E-state index in [9.17, 15) is 0 Å². The minimum Gasteiger partial charge on any atom is -0.469 e. The summed E-state index contributed by atoms with van der Waals surface area (Å²) >= 11 is 0. The molecule has 112 valence electrons. The third-order valence-corrected chi connectivity index (χ3v) is 4.79. The lowest BCUT2D eigenvalue weighted by molar-refractivity contribution is 0.00578. The van der Waals surface area contributed by atoms with Gasteiger partial charge in [0.15, 0.2) is 0 Å². The average Bonchev–Trinajstić information content (AvgIpc) is 3.00. The van der Waals surface area contributed by atoms with E-state index >= 15 is 0 Å². The van der Waals surface area contributed by atoms with Crippen molar-refractivity contribution >= 4 is 19.5 Å². The largest absolute Gasteiger partial charge is 0.469 e. The molecule has 3 rings (SSSR count). The van der Waals surface area contributed by atoms with E-state index in [1.165, 1.54) is 0 Å². The highest BCUT2D eigenvalue weighted by atomic mass is 35.5. The Bertz CT molecular complexity index is 433. The van der Waals surface area contributed by atoms with Gasteiger partial charge in [-0.25, -0.2) is 0 Å². The summed E-state index contributed by atoms with van der Waals surface area (Å²) in [6, 6.07) is 3.98. The highest BCUT2D eigenvalue weighted by Gasteiger charge is 2.56. The zero-order valence-corrected chi connectivity index (χ0v) is 13.3. The molecule has 2 fully saturated rings. The number of furan rings is 1. The molecule has 0 saturated carbocycles. The van der Waals surface area contributed by atoms with Crippen molar-refractivity contribution < 1.29 is 13.7 Å². The minimum atomic E-state index is -0.270. The smallest absolute Gasteiger partial charge is 0.463 e. The molecular formula is C14H23BClNO3. The van der Waals surface area contributed by atoms with Crippen molar-refractivity contribution in [2.45, 2.75) is 50.6 Å². The Kier molecular flexibility index (Phi) is 4.27. The van der Waals surface area contributed by atoms with Crippen molar-refractivity contribution in [1.82, 2.24) is 5.32 Å². The zero-order chi connectivity index (χ0) is 13.7. The van der Waals surface area contributed by atoms with E-state index < -0.39 is 0 Å². The lowest BCUT2D eigenvalue weighted by Crippen LogP contribution is -2.41. The molecule has 1 aromatic heterocycles. The fourth-order valence-corrected chi connectivity index (χ4v) is 2.86. The molecular weight excluding hydrogens is 276 g/mol. The molecule has 2 unspecified atom stereocenters. The van der Waals surface area contributed by atoms with Gasteiger partial charge in [-0.3, -0.25) is 0 Å². The second-order valence-electron chi connectivity index (χ2n) is 6.57. The van der Waals surface area contributed by atoms with Crippen LogP contribution < -0.4 is 5.32 Å². The summed E-state index contributed by atoms with van der Waals surface area (Å²) in [7, 11) is -0.171. The van der Waals surface area contributed by atoms with Crippen molar-refractivity contribution in [2.75, 3.05) is 13.1 Å². The fraction of sp³-hybridized carbons (Fsp3) is 0.714. The molecule has 0 radical (unpaired) electrons. The molecule has 1 N–H and O–H groups in total. The lowest BCUT2D eigenvalue weighted by Gasteiger charge is -2.32. The Morgan fingerprint density at radius 3 is 2.35 bits per heavy atom. The van der Waals surface area contributed by atoms with Crippen LogP contribution in [-0.4, -0.2) is 31.4 Å². The van der Waals surface area contributed by atoms with E-state index in [0.29, 0.717) is 11.7 Å². The molecule has 2 atom stereocenters. The van der Waals surface area contributed by atoms with E-state index in [2.05, 4.69) is 33.0 Å². The van der Waals surface area contributed by atoms with Crippen molar-refractivity contribution in [1.29, 1.82) is 0 Å². The summed E-state index contributed by atoms with van der Waals surface area (Å²) < 4.78 is 17.9. The van der Waals surface area contributed by atoms with Crippen LogP contribution in [0.2, 0.25) is 5.82 Å². The second kappa shape index (κ2) is 5.37. The number of hydrogen-bond donors (Lipinski definition) is 1. The first-order valence-electron chi connectivity index (χ1n) is 7.00. The predicted molar refractivity (Wildman–Crippen MR) is 81.4 cm³/mol. The molecule has 3 heterocycles. The third-order valence-electron chi connectivity index (χ3n) is 4.79. The van der Waals surface area contributed by atoms with E-state index in [4.69, 9.17) is 13.7 Å². The van der Waals surface area contributed by atoms with Gasteiger partial charge < -0.3 is 19.0 Å². The molecule has 2 aliphatic rings. The Balaban J connectivity index is 0.00000147. The molecule has 0 amide bonds. The van der Waals surface area contributed by atoms with Crippen LogP contribution in [0.1, 0.15) is 39.4 Å². The fourth-order valence-electron chi connectivity index (χ4n) is 2.86. The first-order chi connectivity index (χ1) is 8.91. The van der Waals surface area contributed by atoms with Gasteiger partial charge in [0, 0.05) is 18.3 Å². The van der Waals surface area contributed by atoms with Crippen molar-refractivity contribution in [2.24, 2.45) is 0 Å². The van der Waals surface area contributed by atoms with Gasteiger partial charge in [-0.15, -0.1) is 12.4 Å². The number of rotatable bonds is 2. The number of nitrogens with one attached hydrogen (secondary N) is 1. The quantitative estimate of drug-likeness (QED) is 0.853. The van der Waals surface area contributed by atoms with Crippen LogP contribution in [0.15, 0.2) is 22.8 Å². The van der Waals surface area contributed by atoms with Gasteiger partial charge in [0.1, 0.15) is 5.76 Å². The van der Waals surface area contributed by atoms with Gasteiger partial charge >= 0.3 is 7.12 Å². The van der Waals surface area contributed by atoms with Crippen LogP contribution in [0.25, 0.3) is 0 Å². The lowest BCUT2D eigenvalue weighted by atomic mass is 9.66. The van der Waals surface area contributed by atoms with Gasteiger partial charge in [-0.05, 0) is 46.4 Å². The summed E-state index contributed by atoms with van der Waals surface area (Å²) in [5, 5.41) is 3.42. The van der Waals surface area contributed by atoms with Gasteiger partial charge in [0.25, 0.3) is 0 Å². The van der Waals surface area contributed by atoms with Crippen LogP contribution in [0.3, 0.4) is 0 Å². The Hall–Kier alpha value is -0.485. The molecule has 6 heteroatoms. The summed E-state index contributed by atoms with van der Waals surface area (Å²) in [5.41, 5.74) is -0.540. The maximum atomic E-state index is 6.17. The number of halogens is 1. The van der Waals surface area contributed by atoms with Crippen LogP contribution in [0.5, 0.6) is 0 Å².